The van der Waals surface area contributed by atoms with Crippen LogP contribution in [0.5, 0.6) is 0 Å². The summed E-state index contributed by atoms with van der Waals surface area (Å²) in [5.41, 5.74) is 0. The van der Waals surface area contributed by atoms with Crippen LogP contribution < -0.4 is 4.72 Å². The standard InChI is InChI=1S/C10H16F5NS/c1-8(2,3)17-16-7(6-4-5-6)9(11,12)10(13,14)15/h6-7,16H,4-5H2,1-3H3. The first-order chi connectivity index (χ1) is 7.45. The molecule has 1 unspecified atom stereocenters. The second kappa shape index (κ2) is 4.57. The molecular formula is C10H16F5NS. The molecule has 1 rings (SSSR count). The van der Waals surface area contributed by atoms with Crippen molar-refractivity contribution < 1.29 is 22.0 Å². The van der Waals surface area contributed by atoms with Gasteiger partial charge in [0.15, 0.2) is 0 Å². The molecule has 17 heavy (non-hydrogen) atoms. The van der Waals surface area contributed by atoms with Gasteiger partial charge in [0.05, 0.1) is 6.04 Å². The van der Waals surface area contributed by atoms with Crippen LogP contribution in [0.2, 0.25) is 0 Å². The predicted molar refractivity (Wildman–Crippen MR) is 58.0 cm³/mol. The Labute approximate surface area is 102 Å². The van der Waals surface area contributed by atoms with Crippen molar-refractivity contribution in [2.45, 2.75) is 56.5 Å². The van der Waals surface area contributed by atoms with Crippen molar-refractivity contribution in [3.63, 3.8) is 0 Å². The van der Waals surface area contributed by atoms with Gasteiger partial charge in [0.2, 0.25) is 0 Å². The number of alkyl halides is 5. The predicted octanol–water partition coefficient (Wildman–Crippen LogP) is 4.00. The van der Waals surface area contributed by atoms with Crippen LogP contribution in [0, 0.1) is 5.92 Å². The molecule has 1 nitrogen and oxygen atoms in total. The summed E-state index contributed by atoms with van der Waals surface area (Å²) in [6.45, 7) is 5.25. The lowest BCUT2D eigenvalue weighted by atomic mass is 10.1. The smallest absolute Gasteiger partial charge is 0.254 e. The van der Waals surface area contributed by atoms with Gasteiger partial charge >= 0.3 is 12.1 Å². The summed E-state index contributed by atoms with van der Waals surface area (Å²) in [7, 11) is 0. The first-order valence-corrected chi connectivity index (χ1v) is 6.15. The average molecular weight is 277 g/mol. The van der Waals surface area contributed by atoms with Crippen LogP contribution in [-0.2, 0) is 0 Å². The third-order valence-electron chi connectivity index (χ3n) is 2.35. The fourth-order valence-electron chi connectivity index (χ4n) is 1.31. The van der Waals surface area contributed by atoms with Gasteiger partial charge in [-0.25, -0.2) is 0 Å². The van der Waals surface area contributed by atoms with Crippen LogP contribution in [-0.4, -0.2) is 22.9 Å². The first-order valence-electron chi connectivity index (χ1n) is 5.33. The summed E-state index contributed by atoms with van der Waals surface area (Å²) in [4.78, 5) is 0. The molecule has 1 fully saturated rings. The van der Waals surface area contributed by atoms with Crippen molar-refractivity contribution in [2.24, 2.45) is 5.92 Å². The molecule has 1 aliphatic rings. The van der Waals surface area contributed by atoms with Crippen LogP contribution in [0.1, 0.15) is 33.6 Å². The van der Waals surface area contributed by atoms with Crippen molar-refractivity contribution in [2.75, 3.05) is 0 Å². The van der Waals surface area contributed by atoms with Crippen LogP contribution in [0.3, 0.4) is 0 Å². The van der Waals surface area contributed by atoms with E-state index in [1.165, 1.54) is 0 Å². The van der Waals surface area contributed by atoms with Gasteiger partial charge in [0.1, 0.15) is 0 Å². The van der Waals surface area contributed by atoms with Gasteiger partial charge in [-0.3, -0.25) is 4.72 Å². The molecule has 0 aromatic heterocycles. The highest BCUT2D eigenvalue weighted by atomic mass is 32.2. The molecule has 0 bridgehead atoms. The fourth-order valence-corrected chi connectivity index (χ4v) is 2.13. The number of hydrogen-bond donors (Lipinski definition) is 1. The third kappa shape index (κ3) is 3.98. The zero-order valence-electron chi connectivity index (χ0n) is 9.87. The van der Waals surface area contributed by atoms with Gasteiger partial charge in [-0.15, -0.1) is 0 Å². The Hall–Kier alpha value is -0.0400. The average Bonchev–Trinajstić information content (AvgIpc) is 2.83. The molecule has 1 saturated carbocycles. The largest absolute Gasteiger partial charge is 0.454 e. The second-order valence-corrected chi connectivity index (χ2v) is 6.93. The minimum Gasteiger partial charge on any atom is -0.254 e. The van der Waals surface area contributed by atoms with Gasteiger partial charge in [0, 0.05) is 4.75 Å². The Kier molecular flexibility index (Phi) is 4.04. The van der Waals surface area contributed by atoms with Gasteiger partial charge in [-0.05, 0) is 39.5 Å². The van der Waals surface area contributed by atoms with Crippen molar-refractivity contribution in [3.8, 4) is 0 Å². The van der Waals surface area contributed by atoms with E-state index >= 15 is 0 Å². The van der Waals surface area contributed by atoms with Crippen LogP contribution in [0.25, 0.3) is 0 Å². The molecule has 0 amide bonds. The van der Waals surface area contributed by atoms with Crippen LogP contribution in [0.15, 0.2) is 0 Å². The Morgan fingerprint density at radius 2 is 1.53 bits per heavy atom. The van der Waals surface area contributed by atoms with Gasteiger partial charge < -0.3 is 0 Å². The highest BCUT2D eigenvalue weighted by Crippen LogP contribution is 2.47. The molecule has 0 aromatic rings. The summed E-state index contributed by atoms with van der Waals surface area (Å²) >= 11 is 0.923. The number of rotatable bonds is 4. The lowest BCUT2D eigenvalue weighted by molar-refractivity contribution is -0.292. The molecule has 0 aliphatic heterocycles. The van der Waals surface area contributed by atoms with Crippen LogP contribution >= 0.6 is 11.9 Å². The monoisotopic (exact) mass is 277 g/mol. The molecule has 1 aliphatic carbocycles. The molecule has 102 valence electrons. The van der Waals surface area contributed by atoms with E-state index in [9.17, 15) is 22.0 Å². The zero-order chi connectivity index (χ0) is 13.5. The van der Waals surface area contributed by atoms with E-state index in [-0.39, 0.29) is 0 Å². The highest BCUT2D eigenvalue weighted by molar-refractivity contribution is 7.98. The van der Waals surface area contributed by atoms with E-state index in [1.54, 1.807) is 20.8 Å². The van der Waals surface area contributed by atoms with E-state index in [0.717, 1.165) is 11.9 Å². The van der Waals surface area contributed by atoms with E-state index in [1.807, 2.05) is 0 Å². The summed E-state index contributed by atoms with van der Waals surface area (Å²) in [6, 6.07) is -1.83. The maximum Gasteiger partial charge on any atom is 0.454 e. The lowest BCUT2D eigenvalue weighted by Crippen LogP contribution is -2.54. The Morgan fingerprint density at radius 1 is 1.06 bits per heavy atom. The van der Waals surface area contributed by atoms with Gasteiger partial charge in [-0.2, -0.15) is 22.0 Å². The van der Waals surface area contributed by atoms with Crippen molar-refractivity contribution in [3.05, 3.63) is 0 Å². The van der Waals surface area contributed by atoms with Gasteiger partial charge in [0.25, 0.3) is 0 Å². The number of nitrogens with one attached hydrogen (secondary N) is 1. The maximum absolute atomic E-state index is 13.3. The van der Waals surface area contributed by atoms with Crippen LogP contribution in [0.4, 0.5) is 22.0 Å². The molecule has 0 radical (unpaired) electrons. The molecule has 0 aromatic carbocycles. The quantitative estimate of drug-likeness (QED) is 0.616. The van der Waals surface area contributed by atoms with E-state index in [4.69, 9.17) is 0 Å². The van der Waals surface area contributed by atoms with E-state index in [2.05, 4.69) is 4.72 Å². The van der Waals surface area contributed by atoms with Crippen molar-refractivity contribution in [1.82, 2.24) is 4.72 Å². The fraction of sp³-hybridized carbons (Fsp3) is 1.00. The maximum atomic E-state index is 13.3. The normalized spacial score (nSPS) is 20.5. The van der Waals surface area contributed by atoms with E-state index in [0.29, 0.717) is 12.8 Å². The third-order valence-corrected chi connectivity index (χ3v) is 3.34. The zero-order valence-corrected chi connectivity index (χ0v) is 10.7. The molecule has 0 heterocycles. The molecule has 0 spiro atoms. The molecule has 7 heteroatoms. The second-order valence-electron chi connectivity index (χ2n) is 5.27. The number of hydrogen-bond acceptors (Lipinski definition) is 2. The topological polar surface area (TPSA) is 12.0 Å². The molecular weight excluding hydrogens is 261 g/mol. The molecule has 1 atom stereocenters. The summed E-state index contributed by atoms with van der Waals surface area (Å²) in [5.74, 6) is -5.26. The molecule has 0 saturated heterocycles. The lowest BCUT2D eigenvalue weighted by Gasteiger charge is -2.31. The SMILES string of the molecule is CC(C)(C)SNC(C1CC1)C(F)(F)C(F)(F)F. The Bertz CT molecular complexity index is 267. The van der Waals surface area contributed by atoms with Crippen molar-refractivity contribution >= 4 is 11.9 Å². The molecule has 1 N–H and O–H groups in total. The summed E-state index contributed by atoms with van der Waals surface area (Å²) in [5, 5.41) is 0. The minimum absolute atomic E-state index is 0.408. The summed E-state index contributed by atoms with van der Waals surface area (Å²) in [6.07, 6.45) is -4.65. The first kappa shape index (κ1) is 15.0. The summed E-state index contributed by atoms with van der Waals surface area (Å²) < 4.78 is 65.3. The number of halogens is 5. The Balaban J connectivity index is 2.72. The van der Waals surface area contributed by atoms with Crippen molar-refractivity contribution in [1.29, 1.82) is 0 Å². The van der Waals surface area contributed by atoms with Gasteiger partial charge in [-0.1, -0.05) is 11.9 Å². The highest BCUT2D eigenvalue weighted by Gasteiger charge is 2.65. The minimum atomic E-state index is -5.49. The Morgan fingerprint density at radius 3 is 1.82 bits per heavy atom. The van der Waals surface area contributed by atoms with E-state index < -0.39 is 28.8 Å².